The number of carboxylic acid groups (broad SMARTS) is 1. The zero-order valence-electron chi connectivity index (χ0n) is 9.82. The third-order valence-electron chi connectivity index (χ3n) is 3.42. The van der Waals surface area contributed by atoms with E-state index in [0.717, 1.165) is 6.07 Å². The molecular weight excluding hydrogens is 221 g/mol. The summed E-state index contributed by atoms with van der Waals surface area (Å²) >= 11 is 0. The predicted octanol–water partition coefficient (Wildman–Crippen LogP) is 2.51. The molecule has 0 radical (unpaired) electrons. The molecule has 1 N–H and O–H groups in total. The number of hydrogen-bond acceptors (Lipinski definition) is 2. The summed E-state index contributed by atoms with van der Waals surface area (Å²) in [5.74, 6) is -1.57. The Morgan fingerprint density at radius 2 is 2.24 bits per heavy atom. The second kappa shape index (κ2) is 4.84. The molecule has 0 unspecified atom stereocenters. The molecule has 0 aromatic heterocycles. The van der Waals surface area contributed by atoms with E-state index in [2.05, 4.69) is 4.90 Å². The van der Waals surface area contributed by atoms with Gasteiger partial charge in [-0.1, -0.05) is 12.5 Å². The second-order valence-electron chi connectivity index (χ2n) is 4.61. The largest absolute Gasteiger partial charge is 0.478 e. The van der Waals surface area contributed by atoms with Crippen molar-refractivity contribution in [3.05, 3.63) is 35.1 Å². The number of rotatable bonds is 4. The van der Waals surface area contributed by atoms with Crippen molar-refractivity contribution in [2.45, 2.75) is 31.8 Å². The minimum atomic E-state index is -1.07. The van der Waals surface area contributed by atoms with Gasteiger partial charge in [-0.15, -0.1) is 0 Å². The van der Waals surface area contributed by atoms with Crippen LogP contribution in [0.15, 0.2) is 18.2 Å². The maximum absolute atomic E-state index is 13.0. The number of hydrogen-bond donors (Lipinski definition) is 1. The Hall–Kier alpha value is -1.42. The number of aromatic carboxylic acids is 1. The predicted molar refractivity (Wildman–Crippen MR) is 62.5 cm³/mol. The van der Waals surface area contributed by atoms with E-state index in [1.165, 1.54) is 25.3 Å². The molecule has 0 saturated heterocycles. The van der Waals surface area contributed by atoms with Crippen LogP contribution >= 0.6 is 0 Å². The van der Waals surface area contributed by atoms with Crippen LogP contribution in [0.2, 0.25) is 0 Å². The van der Waals surface area contributed by atoms with Gasteiger partial charge in [0, 0.05) is 12.6 Å². The van der Waals surface area contributed by atoms with E-state index in [9.17, 15) is 9.18 Å². The van der Waals surface area contributed by atoms with Gasteiger partial charge in [0.05, 0.1) is 5.56 Å². The normalized spacial score (nSPS) is 15.9. The summed E-state index contributed by atoms with van der Waals surface area (Å²) in [5, 5.41) is 9.03. The molecule has 0 spiro atoms. The van der Waals surface area contributed by atoms with Crippen LogP contribution in [0.4, 0.5) is 4.39 Å². The third-order valence-corrected chi connectivity index (χ3v) is 3.42. The summed E-state index contributed by atoms with van der Waals surface area (Å²) in [4.78, 5) is 13.2. The average molecular weight is 237 g/mol. The Kier molecular flexibility index (Phi) is 3.43. The smallest absolute Gasteiger partial charge is 0.336 e. The van der Waals surface area contributed by atoms with Crippen molar-refractivity contribution in [1.82, 2.24) is 4.90 Å². The van der Waals surface area contributed by atoms with E-state index < -0.39 is 11.8 Å². The highest BCUT2D eigenvalue weighted by Gasteiger charge is 2.23. The Balaban J connectivity index is 2.16. The summed E-state index contributed by atoms with van der Waals surface area (Å²) in [6, 6.07) is 4.51. The Morgan fingerprint density at radius 3 is 2.76 bits per heavy atom. The number of carboxylic acids is 1. The monoisotopic (exact) mass is 237 g/mol. The molecule has 17 heavy (non-hydrogen) atoms. The van der Waals surface area contributed by atoms with E-state index in [1.807, 2.05) is 7.05 Å². The molecule has 3 nitrogen and oxygen atoms in total. The van der Waals surface area contributed by atoms with Gasteiger partial charge in [-0.25, -0.2) is 9.18 Å². The van der Waals surface area contributed by atoms with Crippen LogP contribution in [0.25, 0.3) is 0 Å². The summed E-state index contributed by atoms with van der Waals surface area (Å²) in [7, 11) is 1.98. The highest BCUT2D eigenvalue weighted by Crippen LogP contribution is 2.25. The summed E-state index contributed by atoms with van der Waals surface area (Å²) in [6.07, 6.45) is 3.57. The van der Waals surface area contributed by atoms with E-state index in [1.54, 1.807) is 6.07 Å². The Bertz CT molecular complexity index is 429. The Labute approximate surface area is 99.9 Å². The van der Waals surface area contributed by atoms with Gasteiger partial charge in [-0.3, -0.25) is 4.90 Å². The van der Waals surface area contributed by atoms with Gasteiger partial charge in [0.25, 0.3) is 0 Å². The number of benzene rings is 1. The molecule has 1 aromatic carbocycles. The maximum atomic E-state index is 13.0. The van der Waals surface area contributed by atoms with Crippen molar-refractivity contribution < 1.29 is 14.3 Å². The lowest BCUT2D eigenvalue weighted by Gasteiger charge is -2.35. The van der Waals surface area contributed by atoms with Gasteiger partial charge in [-0.05, 0) is 37.6 Å². The molecule has 1 aromatic rings. The fraction of sp³-hybridized carbons (Fsp3) is 0.462. The first-order valence-corrected chi connectivity index (χ1v) is 5.80. The van der Waals surface area contributed by atoms with Gasteiger partial charge < -0.3 is 5.11 Å². The van der Waals surface area contributed by atoms with Crippen molar-refractivity contribution in [1.29, 1.82) is 0 Å². The molecule has 1 aliphatic rings. The molecule has 0 heterocycles. The van der Waals surface area contributed by atoms with Gasteiger partial charge in [0.2, 0.25) is 0 Å². The molecule has 2 rings (SSSR count). The molecule has 1 fully saturated rings. The van der Waals surface area contributed by atoms with E-state index in [4.69, 9.17) is 5.11 Å². The fourth-order valence-corrected chi connectivity index (χ4v) is 2.11. The first-order chi connectivity index (χ1) is 8.08. The van der Waals surface area contributed by atoms with Crippen molar-refractivity contribution in [3.8, 4) is 0 Å². The summed E-state index contributed by atoms with van der Waals surface area (Å²) in [5.41, 5.74) is 0.740. The third kappa shape index (κ3) is 2.64. The van der Waals surface area contributed by atoms with Crippen LogP contribution in [0.5, 0.6) is 0 Å². The lowest BCUT2D eigenvalue weighted by molar-refractivity contribution is 0.0692. The average Bonchev–Trinajstić information content (AvgIpc) is 2.17. The SMILES string of the molecule is CN(Cc1ccc(F)cc1C(=O)O)C1CCC1. The van der Waals surface area contributed by atoms with Gasteiger partial charge in [-0.2, -0.15) is 0 Å². The van der Waals surface area contributed by atoms with Crippen molar-refractivity contribution in [2.24, 2.45) is 0 Å². The number of nitrogens with zero attached hydrogens (tertiary/aromatic N) is 1. The first-order valence-electron chi connectivity index (χ1n) is 5.80. The molecule has 1 aliphatic carbocycles. The number of carbonyl (C=O) groups is 1. The lowest BCUT2D eigenvalue weighted by Crippen LogP contribution is -2.36. The van der Waals surface area contributed by atoms with E-state index in [0.29, 0.717) is 18.2 Å². The molecule has 0 amide bonds. The van der Waals surface area contributed by atoms with Gasteiger partial charge in [0.15, 0.2) is 0 Å². The van der Waals surface area contributed by atoms with E-state index in [-0.39, 0.29) is 5.56 Å². The minimum absolute atomic E-state index is 0.0659. The molecule has 92 valence electrons. The highest BCUT2D eigenvalue weighted by molar-refractivity contribution is 5.89. The van der Waals surface area contributed by atoms with Crippen LogP contribution in [0, 0.1) is 5.82 Å². The molecule has 1 saturated carbocycles. The molecular formula is C13H16FNO2. The molecule has 0 bridgehead atoms. The van der Waals surface area contributed by atoms with Crippen LogP contribution in [-0.4, -0.2) is 29.1 Å². The minimum Gasteiger partial charge on any atom is -0.478 e. The van der Waals surface area contributed by atoms with Crippen molar-refractivity contribution in [3.63, 3.8) is 0 Å². The zero-order valence-corrected chi connectivity index (χ0v) is 9.82. The van der Waals surface area contributed by atoms with Crippen LogP contribution in [0.3, 0.4) is 0 Å². The van der Waals surface area contributed by atoms with Crippen LogP contribution in [-0.2, 0) is 6.54 Å². The zero-order chi connectivity index (χ0) is 12.4. The van der Waals surface area contributed by atoms with Crippen molar-refractivity contribution in [2.75, 3.05) is 7.05 Å². The number of halogens is 1. The van der Waals surface area contributed by atoms with Crippen molar-refractivity contribution >= 4 is 5.97 Å². The fourth-order valence-electron chi connectivity index (χ4n) is 2.11. The standard InChI is InChI=1S/C13H16FNO2/c1-15(11-3-2-4-11)8-9-5-6-10(14)7-12(9)13(16)17/h5-7,11H,2-4,8H2,1H3,(H,16,17). The van der Waals surface area contributed by atoms with Crippen LogP contribution < -0.4 is 0 Å². The maximum Gasteiger partial charge on any atom is 0.336 e. The topological polar surface area (TPSA) is 40.5 Å². The quantitative estimate of drug-likeness (QED) is 0.874. The highest BCUT2D eigenvalue weighted by atomic mass is 19.1. The second-order valence-corrected chi connectivity index (χ2v) is 4.61. The van der Waals surface area contributed by atoms with Gasteiger partial charge >= 0.3 is 5.97 Å². The Morgan fingerprint density at radius 1 is 1.53 bits per heavy atom. The first kappa shape index (κ1) is 12.0. The lowest BCUT2D eigenvalue weighted by atomic mass is 9.91. The van der Waals surface area contributed by atoms with Gasteiger partial charge in [0.1, 0.15) is 5.82 Å². The molecule has 4 heteroatoms. The molecule has 0 aliphatic heterocycles. The summed E-state index contributed by atoms with van der Waals surface area (Å²) in [6.45, 7) is 0.562. The van der Waals surface area contributed by atoms with E-state index >= 15 is 0 Å². The van der Waals surface area contributed by atoms with Crippen LogP contribution in [0.1, 0.15) is 35.2 Å². The molecule has 0 atom stereocenters. The summed E-state index contributed by atoms with van der Waals surface area (Å²) < 4.78 is 13.0.